The number of rotatable bonds is 3. The molecule has 0 saturated heterocycles. The highest BCUT2D eigenvalue weighted by atomic mass is 16.2. The Morgan fingerprint density at radius 3 is 1.88 bits per heavy atom. The number of benzene rings is 3. The maximum atomic E-state index is 13.2. The van der Waals surface area contributed by atoms with Crippen molar-refractivity contribution in [1.29, 1.82) is 0 Å². The van der Waals surface area contributed by atoms with Gasteiger partial charge in [-0.25, -0.2) is 0 Å². The summed E-state index contributed by atoms with van der Waals surface area (Å²) in [4.78, 5) is 26.3. The van der Waals surface area contributed by atoms with Gasteiger partial charge in [0.2, 0.25) is 0 Å². The molecule has 26 heavy (non-hydrogen) atoms. The van der Waals surface area contributed by atoms with Crippen LogP contribution in [0.3, 0.4) is 0 Å². The highest BCUT2D eigenvalue weighted by Gasteiger charge is 2.44. The van der Waals surface area contributed by atoms with Crippen molar-refractivity contribution in [2.75, 3.05) is 0 Å². The van der Waals surface area contributed by atoms with Crippen LogP contribution in [-0.4, -0.2) is 11.6 Å². The fourth-order valence-corrected chi connectivity index (χ4v) is 4.06. The number of carbonyl (C=O) groups is 2. The van der Waals surface area contributed by atoms with Crippen LogP contribution in [-0.2, 0) is 0 Å². The van der Waals surface area contributed by atoms with E-state index in [-0.39, 0.29) is 17.5 Å². The molecule has 1 aliphatic rings. The first-order valence-electron chi connectivity index (χ1n) is 8.87. The van der Waals surface area contributed by atoms with Crippen LogP contribution in [0.25, 0.3) is 0 Å². The van der Waals surface area contributed by atoms with Gasteiger partial charge in [-0.2, -0.15) is 0 Å². The van der Waals surface area contributed by atoms with Crippen LogP contribution in [0, 0.1) is 19.8 Å². The van der Waals surface area contributed by atoms with Gasteiger partial charge in [0, 0.05) is 17.0 Å². The molecule has 0 bridgehead atoms. The second-order valence-corrected chi connectivity index (χ2v) is 7.00. The van der Waals surface area contributed by atoms with Crippen LogP contribution >= 0.6 is 0 Å². The highest BCUT2D eigenvalue weighted by Crippen LogP contribution is 2.41. The normalized spacial score (nSPS) is 15.2. The van der Waals surface area contributed by atoms with Crippen LogP contribution < -0.4 is 0 Å². The van der Waals surface area contributed by atoms with Crippen molar-refractivity contribution in [2.45, 2.75) is 19.8 Å². The van der Waals surface area contributed by atoms with Gasteiger partial charge in [-0.1, -0.05) is 78.4 Å². The van der Waals surface area contributed by atoms with Crippen molar-refractivity contribution >= 4 is 11.6 Å². The zero-order chi connectivity index (χ0) is 18.3. The van der Waals surface area contributed by atoms with E-state index < -0.39 is 5.92 Å². The van der Waals surface area contributed by atoms with Crippen molar-refractivity contribution in [2.24, 2.45) is 5.92 Å². The summed E-state index contributed by atoms with van der Waals surface area (Å²) in [6, 6.07) is 23.3. The molecule has 3 aromatic carbocycles. The maximum Gasteiger partial charge on any atom is 0.175 e. The van der Waals surface area contributed by atoms with E-state index in [9.17, 15) is 9.59 Å². The van der Waals surface area contributed by atoms with E-state index in [2.05, 4.69) is 32.0 Å². The van der Waals surface area contributed by atoms with E-state index in [0.717, 1.165) is 16.7 Å². The number of ketones is 2. The Labute approximate surface area is 153 Å². The fourth-order valence-electron chi connectivity index (χ4n) is 4.06. The molecule has 0 spiro atoms. The standard InChI is InChI=1S/C24H20O2/c1-15-12-13-18(16(2)14-15)21(17-8-4-3-5-9-17)22-23(25)19-10-6-7-11-20(19)24(22)26/h3-14,21-22H,1-2H3. The summed E-state index contributed by atoms with van der Waals surface area (Å²) < 4.78 is 0. The smallest absolute Gasteiger partial charge is 0.175 e. The molecule has 0 radical (unpaired) electrons. The molecule has 0 saturated carbocycles. The summed E-state index contributed by atoms with van der Waals surface area (Å²) in [5.41, 5.74) is 5.42. The second-order valence-electron chi connectivity index (χ2n) is 7.00. The van der Waals surface area contributed by atoms with E-state index in [1.54, 1.807) is 12.1 Å². The van der Waals surface area contributed by atoms with Crippen LogP contribution in [0.4, 0.5) is 0 Å². The number of aryl methyl sites for hydroxylation is 2. The first-order valence-corrected chi connectivity index (χ1v) is 8.87. The molecule has 0 aliphatic heterocycles. The monoisotopic (exact) mass is 340 g/mol. The molecule has 0 heterocycles. The Kier molecular flexibility index (Phi) is 4.04. The average molecular weight is 340 g/mol. The Hall–Kier alpha value is -3.00. The molecule has 0 amide bonds. The van der Waals surface area contributed by atoms with Gasteiger partial charge in [0.25, 0.3) is 0 Å². The molecular weight excluding hydrogens is 320 g/mol. The van der Waals surface area contributed by atoms with Crippen molar-refractivity contribution in [1.82, 2.24) is 0 Å². The van der Waals surface area contributed by atoms with Gasteiger partial charge in [0.05, 0.1) is 5.92 Å². The van der Waals surface area contributed by atoms with E-state index in [1.807, 2.05) is 42.5 Å². The van der Waals surface area contributed by atoms with Crippen molar-refractivity contribution in [3.63, 3.8) is 0 Å². The molecule has 4 rings (SSSR count). The molecule has 0 aromatic heterocycles. The lowest BCUT2D eigenvalue weighted by Gasteiger charge is -2.24. The van der Waals surface area contributed by atoms with Gasteiger partial charge < -0.3 is 0 Å². The molecule has 2 nitrogen and oxygen atoms in total. The third kappa shape index (κ3) is 2.59. The summed E-state index contributed by atoms with van der Waals surface area (Å²) >= 11 is 0. The molecule has 1 aliphatic carbocycles. The summed E-state index contributed by atoms with van der Waals surface area (Å²) in [7, 11) is 0. The lowest BCUT2D eigenvalue weighted by molar-refractivity contribution is 0.0825. The van der Waals surface area contributed by atoms with Crippen molar-refractivity contribution in [3.05, 3.63) is 106 Å². The highest BCUT2D eigenvalue weighted by molar-refractivity contribution is 6.27. The quantitative estimate of drug-likeness (QED) is 0.619. The minimum absolute atomic E-state index is 0.0700. The summed E-state index contributed by atoms with van der Waals surface area (Å²) in [6.07, 6.45) is 0. The largest absolute Gasteiger partial charge is 0.293 e. The predicted molar refractivity (Wildman–Crippen MR) is 103 cm³/mol. The topological polar surface area (TPSA) is 34.1 Å². The van der Waals surface area contributed by atoms with Crippen LogP contribution in [0.5, 0.6) is 0 Å². The third-order valence-electron chi connectivity index (χ3n) is 5.28. The fraction of sp³-hybridized carbons (Fsp3) is 0.167. The lowest BCUT2D eigenvalue weighted by atomic mass is 9.76. The van der Waals surface area contributed by atoms with E-state index >= 15 is 0 Å². The first kappa shape index (κ1) is 16.5. The summed E-state index contributed by atoms with van der Waals surface area (Å²) in [6.45, 7) is 4.10. The Morgan fingerprint density at radius 1 is 0.731 bits per heavy atom. The van der Waals surface area contributed by atoms with Gasteiger partial charge in [-0.05, 0) is 30.5 Å². The Balaban J connectivity index is 1.90. The number of hydrogen-bond donors (Lipinski definition) is 0. The molecule has 3 aromatic rings. The Bertz CT molecular complexity index is 967. The summed E-state index contributed by atoms with van der Waals surface area (Å²) in [5, 5.41) is 0. The number of carbonyl (C=O) groups excluding carboxylic acids is 2. The van der Waals surface area contributed by atoms with Gasteiger partial charge in [-0.3, -0.25) is 9.59 Å². The molecule has 128 valence electrons. The lowest BCUT2D eigenvalue weighted by Crippen LogP contribution is -2.25. The summed E-state index contributed by atoms with van der Waals surface area (Å²) in [5.74, 6) is -1.11. The van der Waals surface area contributed by atoms with Crippen molar-refractivity contribution < 1.29 is 9.59 Å². The van der Waals surface area contributed by atoms with Crippen molar-refractivity contribution in [3.8, 4) is 0 Å². The molecule has 2 heteroatoms. The van der Waals surface area contributed by atoms with Gasteiger partial charge in [-0.15, -0.1) is 0 Å². The minimum atomic E-state index is -0.698. The zero-order valence-electron chi connectivity index (χ0n) is 14.9. The maximum absolute atomic E-state index is 13.2. The second kappa shape index (κ2) is 6.38. The van der Waals surface area contributed by atoms with E-state index in [1.165, 1.54) is 5.56 Å². The first-order chi connectivity index (χ1) is 12.6. The Morgan fingerprint density at radius 2 is 1.31 bits per heavy atom. The third-order valence-corrected chi connectivity index (χ3v) is 5.28. The van der Waals surface area contributed by atoms with Crippen LogP contribution in [0.15, 0.2) is 72.8 Å². The molecular formula is C24H20O2. The van der Waals surface area contributed by atoms with E-state index in [4.69, 9.17) is 0 Å². The van der Waals surface area contributed by atoms with Crippen LogP contribution in [0.2, 0.25) is 0 Å². The number of Topliss-reactive ketones (excluding diaryl/α,β-unsaturated/α-hetero) is 2. The molecule has 1 atom stereocenters. The SMILES string of the molecule is Cc1ccc(C(c2ccccc2)C2C(=O)c3ccccc3C2=O)c(C)c1. The molecule has 1 unspecified atom stereocenters. The van der Waals surface area contributed by atoms with Gasteiger partial charge in [0.15, 0.2) is 11.6 Å². The number of hydrogen-bond acceptors (Lipinski definition) is 2. The number of fused-ring (bicyclic) bond motifs is 1. The molecule has 0 N–H and O–H groups in total. The predicted octanol–water partition coefficient (Wildman–Crippen LogP) is 5.13. The van der Waals surface area contributed by atoms with E-state index in [0.29, 0.717) is 11.1 Å². The van der Waals surface area contributed by atoms with Crippen LogP contribution in [0.1, 0.15) is 48.9 Å². The molecule has 0 fully saturated rings. The average Bonchev–Trinajstić information content (AvgIpc) is 2.90. The zero-order valence-corrected chi connectivity index (χ0v) is 14.9. The van der Waals surface area contributed by atoms with Gasteiger partial charge in [0.1, 0.15) is 0 Å². The van der Waals surface area contributed by atoms with Gasteiger partial charge >= 0.3 is 0 Å². The minimum Gasteiger partial charge on any atom is -0.293 e.